The van der Waals surface area contributed by atoms with Crippen molar-refractivity contribution in [1.29, 1.82) is 0 Å². The molecule has 1 unspecified atom stereocenters. The van der Waals surface area contributed by atoms with Crippen LogP contribution in [0, 0.1) is 13.8 Å². The van der Waals surface area contributed by atoms with Gasteiger partial charge < -0.3 is 15.8 Å². The Balaban J connectivity index is 2.10. The second-order valence-corrected chi connectivity index (χ2v) is 4.24. The molecular formula is C10H16N4O2. The fourth-order valence-electron chi connectivity index (χ4n) is 1.60. The first-order valence-corrected chi connectivity index (χ1v) is 5.22. The number of carbonyl (C=O) groups is 1. The van der Waals surface area contributed by atoms with Crippen LogP contribution in [0.25, 0.3) is 0 Å². The van der Waals surface area contributed by atoms with E-state index in [1.54, 1.807) is 0 Å². The molecule has 6 nitrogen and oxygen atoms in total. The van der Waals surface area contributed by atoms with Crippen molar-refractivity contribution in [2.45, 2.75) is 25.8 Å². The molecule has 0 aliphatic carbocycles. The Kier molecular flexibility index (Phi) is 2.69. The highest BCUT2D eigenvalue weighted by atomic mass is 16.5. The van der Waals surface area contributed by atoms with Crippen molar-refractivity contribution in [3.05, 3.63) is 11.3 Å². The molecule has 6 heteroatoms. The average molecular weight is 224 g/mol. The lowest BCUT2D eigenvalue weighted by atomic mass is 9.99. The van der Waals surface area contributed by atoms with Gasteiger partial charge in [-0.2, -0.15) is 5.10 Å². The summed E-state index contributed by atoms with van der Waals surface area (Å²) in [6.07, 6.45) is 0.543. The van der Waals surface area contributed by atoms with Crippen LogP contribution in [0.5, 0.6) is 0 Å². The molecule has 0 aromatic carbocycles. The van der Waals surface area contributed by atoms with Gasteiger partial charge in [0.1, 0.15) is 5.54 Å². The SMILES string of the molecule is Cc1[nH]nc(NC(=O)C2(N)CCOC2)c1C. The minimum Gasteiger partial charge on any atom is -0.379 e. The lowest BCUT2D eigenvalue weighted by molar-refractivity contribution is -0.121. The van der Waals surface area contributed by atoms with E-state index in [2.05, 4.69) is 15.5 Å². The number of nitrogens with one attached hydrogen (secondary N) is 2. The molecule has 1 aromatic heterocycles. The third-order valence-electron chi connectivity index (χ3n) is 2.99. The van der Waals surface area contributed by atoms with E-state index in [9.17, 15) is 4.79 Å². The Labute approximate surface area is 93.5 Å². The fraction of sp³-hybridized carbons (Fsp3) is 0.600. The first-order valence-electron chi connectivity index (χ1n) is 5.22. The first kappa shape index (κ1) is 11.1. The van der Waals surface area contributed by atoms with Crippen LogP contribution in [-0.4, -0.2) is 34.9 Å². The molecule has 4 N–H and O–H groups in total. The van der Waals surface area contributed by atoms with Crippen LogP contribution < -0.4 is 11.1 Å². The summed E-state index contributed by atoms with van der Waals surface area (Å²) in [4.78, 5) is 11.9. The number of aromatic amines is 1. The number of rotatable bonds is 2. The van der Waals surface area contributed by atoms with Crippen molar-refractivity contribution < 1.29 is 9.53 Å². The molecule has 2 heterocycles. The number of hydrogen-bond acceptors (Lipinski definition) is 4. The normalized spacial score (nSPS) is 24.7. The van der Waals surface area contributed by atoms with E-state index in [1.165, 1.54) is 0 Å². The molecule has 88 valence electrons. The predicted octanol–water partition coefficient (Wildman–Crippen LogP) is 0.0828. The van der Waals surface area contributed by atoms with E-state index in [4.69, 9.17) is 10.5 Å². The van der Waals surface area contributed by atoms with Crippen LogP contribution in [0.1, 0.15) is 17.7 Å². The van der Waals surface area contributed by atoms with Gasteiger partial charge in [-0.3, -0.25) is 9.89 Å². The number of carbonyl (C=O) groups excluding carboxylic acids is 1. The Morgan fingerprint density at radius 1 is 1.62 bits per heavy atom. The van der Waals surface area contributed by atoms with Crippen LogP contribution in [0.4, 0.5) is 5.82 Å². The summed E-state index contributed by atoms with van der Waals surface area (Å²) in [5.41, 5.74) is 6.88. The van der Waals surface area contributed by atoms with Crippen LogP contribution in [0.3, 0.4) is 0 Å². The highest BCUT2D eigenvalue weighted by Crippen LogP contribution is 2.20. The molecule has 1 aliphatic rings. The van der Waals surface area contributed by atoms with E-state index >= 15 is 0 Å². The quantitative estimate of drug-likeness (QED) is 0.663. The Bertz CT molecular complexity index is 407. The standard InChI is InChI=1S/C10H16N4O2/c1-6-7(2)13-14-8(6)12-9(15)10(11)3-4-16-5-10/h3-5,11H2,1-2H3,(H2,12,13,14,15). The zero-order valence-electron chi connectivity index (χ0n) is 9.46. The fourth-order valence-corrected chi connectivity index (χ4v) is 1.60. The number of H-pyrrole nitrogens is 1. The lowest BCUT2D eigenvalue weighted by Gasteiger charge is -2.19. The lowest BCUT2D eigenvalue weighted by Crippen LogP contribution is -2.51. The second-order valence-electron chi connectivity index (χ2n) is 4.24. The van der Waals surface area contributed by atoms with Crippen molar-refractivity contribution in [2.24, 2.45) is 5.73 Å². The third kappa shape index (κ3) is 1.81. The van der Waals surface area contributed by atoms with Gasteiger partial charge in [-0.15, -0.1) is 0 Å². The minimum atomic E-state index is -0.917. The number of nitrogens with zero attached hydrogens (tertiary/aromatic N) is 1. The largest absolute Gasteiger partial charge is 0.379 e. The Morgan fingerprint density at radius 2 is 2.38 bits per heavy atom. The number of hydrogen-bond donors (Lipinski definition) is 3. The topological polar surface area (TPSA) is 93.0 Å². The third-order valence-corrected chi connectivity index (χ3v) is 2.99. The number of aryl methyl sites for hydroxylation is 1. The molecule has 0 spiro atoms. The highest BCUT2D eigenvalue weighted by Gasteiger charge is 2.38. The average Bonchev–Trinajstić information content (AvgIpc) is 2.81. The predicted molar refractivity (Wildman–Crippen MR) is 59.0 cm³/mol. The maximum Gasteiger partial charge on any atom is 0.248 e. The smallest absolute Gasteiger partial charge is 0.248 e. The number of anilines is 1. The van der Waals surface area contributed by atoms with Gasteiger partial charge >= 0.3 is 0 Å². The van der Waals surface area contributed by atoms with Crippen molar-refractivity contribution >= 4 is 11.7 Å². The summed E-state index contributed by atoms with van der Waals surface area (Å²) < 4.78 is 5.14. The molecule has 1 saturated heterocycles. The summed E-state index contributed by atoms with van der Waals surface area (Å²) in [5.74, 6) is 0.304. The van der Waals surface area contributed by atoms with Gasteiger partial charge in [-0.25, -0.2) is 0 Å². The molecule has 1 amide bonds. The Morgan fingerprint density at radius 3 is 2.88 bits per heavy atom. The van der Waals surface area contributed by atoms with Gasteiger partial charge in [0.25, 0.3) is 0 Å². The first-order chi connectivity index (χ1) is 7.53. The number of ether oxygens (including phenoxy) is 1. The van der Waals surface area contributed by atoms with Gasteiger partial charge in [0.05, 0.1) is 6.61 Å². The Hall–Kier alpha value is -1.40. The monoisotopic (exact) mass is 224 g/mol. The van der Waals surface area contributed by atoms with E-state index in [1.807, 2.05) is 13.8 Å². The molecule has 2 rings (SSSR count). The summed E-state index contributed by atoms with van der Waals surface area (Å²) in [6.45, 7) is 4.58. The van der Waals surface area contributed by atoms with Gasteiger partial charge in [0, 0.05) is 17.9 Å². The molecule has 0 radical (unpaired) electrons. The number of aromatic nitrogens is 2. The molecule has 1 aliphatic heterocycles. The van der Waals surface area contributed by atoms with Crippen LogP contribution in [-0.2, 0) is 9.53 Å². The number of amides is 1. The summed E-state index contributed by atoms with van der Waals surface area (Å²) >= 11 is 0. The van der Waals surface area contributed by atoms with Gasteiger partial charge in [-0.1, -0.05) is 0 Å². The van der Waals surface area contributed by atoms with Crippen LogP contribution in [0.2, 0.25) is 0 Å². The van der Waals surface area contributed by atoms with Crippen molar-refractivity contribution in [1.82, 2.24) is 10.2 Å². The minimum absolute atomic E-state index is 0.236. The van der Waals surface area contributed by atoms with Gasteiger partial charge in [0.15, 0.2) is 5.82 Å². The molecule has 0 bridgehead atoms. The summed E-state index contributed by atoms with van der Waals surface area (Å²) in [5, 5.41) is 9.54. The van der Waals surface area contributed by atoms with Crippen LogP contribution in [0.15, 0.2) is 0 Å². The molecule has 16 heavy (non-hydrogen) atoms. The van der Waals surface area contributed by atoms with Gasteiger partial charge in [-0.05, 0) is 20.3 Å². The van der Waals surface area contributed by atoms with Crippen molar-refractivity contribution in [2.75, 3.05) is 18.5 Å². The molecular weight excluding hydrogens is 208 g/mol. The molecule has 1 atom stereocenters. The van der Waals surface area contributed by atoms with E-state index in [0.29, 0.717) is 18.8 Å². The van der Waals surface area contributed by atoms with E-state index in [0.717, 1.165) is 11.3 Å². The van der Waals surface area contributed by atoms with Crippen molar-refractivity contribution in [3.8, 4) is 0 Å². The van der Waals surface area contributed by atoms with Crippen molar-refractivity contribution in [3.63, 3.8) is 0 Å². The highest BCUT2D eigenvalue weighted by molar-refractivity contribution is 5.98. The maximum atomic E-state index is 11.9. The second kappa shape index (κ2) is 3.88. The zero-order valence-corrected chi connectivity index (χ0v) is 9.46. The number of nitrogens with two attached hydrogens (primary N) is 1. The van der Waals surface area contributed by atoms with Crippen LogP contribution >= 0.6 is 0 Å². The summed E-state index contributed by atoms with van der Waals surface area (Å²) in [6, 6.07) is 0. The zero-order chi connectivity index (χ0) is 11.8. The molecule has 0 saturated carbocycles. The molecule has 1 fully saturated rings. The van der Waals surface area contributed by atoms with Gasteiger partial charge in [0.2, 0.25) is 5.91 Å². The summed E-state index contributed by atoms with van der Waals surface area (Å²) in [7, 11) is 0. The maximum absolute atomic E-state index is 11.9. The van der Waals surface area contributed by atoms with E-state index < -0.39 is 5.54 Å². The molecule has 1 aromatic rings. The van der Waals surface area contributed by atoms with E-state index in [-0.39, 0.29) is 12.5 Å².